The molecule has 2 aromatic rings. The number of hydrogen-bond acceptors (Lipinski definition) is 5. The molecule has 31 heavy (non-hydrogen) atoms. The molecule has 0 aliphatic carbocycles. The fraction of sp³-hybridized carbons (Fsp3) is 0.381. The molecule has 9 nitrogen and oxygen atoms in total. The number of aryl methyl sites for hydroxylation is 1. The van der Waals surface area contributed by atoms with Crippen molar-refractivity contribution in [2.24, 2.45) is 12.8 Å². The van der Waals surface area contributed by atoms with Crippen molar-refractivity contribution in [2.45, 2.75) is 45.9 Å². The zero-order valence-corrected chi connectivity index (χ0v) is 18.0. The minimum Gasteiger partial charge on any atom is -0.391 e. The first kappa shape index (κ1) is 24.0. The molecule has 1 aromatic heterocycles. The molecular weight excluding hydrogens is 407 g/mol. The van der Waals surface area contributed by atoms with Crippen LogP contribution < -0.4 is 16.4 Å². The Morgan fingerprint density at radius 2 is 1.77 bits per heavy atom. The number of nitrogens with two attached hydrogens (primary N) is 1. The van der Waals surface area contributed by atoms with Crippen LogP contribution >= 0.6 is 0 Å². The zero-order chi connectivity index (χ0) is 23.6. The van der Waals surface area contributed by atoms with E-state index < -0.39 is 41.8 Å². The van der Waals surface area contributed by atoms with Crippen molar-refractivity contribution in [3.05, 3.63) is 52.1 Å². The van der Waals surface area contributed by atoms with Crippen LogP contribution in [0.4, 0.5) is 10.1 Å². The average Bonchev–Trinajstić information content (AvgIpc) is 2.90. The molecule has 6 N–H and O–H groups in total. The van der Waals surface area contributed by atoms with Gasteiger partial charge in [0, 0.05) is 18.4 Å². The van der Waals surface area contributed by atoms with Gasteiger partial charge in [0.05, 0.1) is 17.4 Å². The van der Waals surface area contributed by atoms with Crippen molar-refractivity contribution in [3.8, 4) is 0 Å². The summed E-state index contributed by atoms with van der Waals surface area (Å²) in [5, 5.41) is 25.1. The van der Waals surface area contributed by atoms with Crippen molar-refractivity contribution in [1.82, 2.24) is 9.88 Å². The summed E-state index contributed by atoms with van der Waals surface area (Å²) in [6.45, 7) is 6.07. The average molecular weight is 434 g/mol. The number of nitrogens with zero attached hydrogens (tertiary/aromatic N) is 1. The van der Waals surface area contributed by atoms with E-state index in [1.54, 1.807) is 27.8 Å². The molecule has 0 radical (unpaired) electrons. The van der Waals surface area contributed by atoms with E-state index in [-0.39, 0.29) is 11.3 Å². The Morgan fingerprint density at radius 1 is 1.16 bits per heavy atom. The maximum absolute atomic E-state index is 13.5. The number of benzene rings is 1. The highest BCUT2D eigenvalue weighted by Gasteiger charge is 2.32. The minimum absolute atomic E-state index is 0.143. The zero-order valence-electron chi connectivity index (χ0n) is 18.0. The normalized spacial score (nSPS) is 13.9. The lowest BCUT2D eigenvalue weighted by Crippen LogP contribution is -2.52. The Bertz CT molecular complexity index is 1030. The molecule has 0 spiro atoms. The van der Waals surface area contributed by atoms with Gasteiger partial charge < -0.3 is 31.1 Å². The maximum atomic E-state index is 13.5. The van der Waals surface area contributed by atoms with Crippen LogP contribution in [0.5, 0.6) is 0 Å². The molecule has 0 aliphatic heterocycles. The van der Waals surface area contributed by atoms with Crippen LogP contribution in [0.3, 0.4) is 0 Å². The van der Waals surface area contributed by atoms with E-state index in [2.05, 4.69) is 10.6 Å². The second-order valence-electron chi connectivity index (χ2n) is 7.48. The summed E-state index contributed by atoms with van der Waals surface area (Å²) in [6.07, 6.45) is -2.98. The summed E-state index contributed by atoms with van der Waals surface area (Å²) in [7, 11) is 1.58. The molecule has 0 saturated heterocycles. The highest BCUT2D eigenvalue weighted by atomic mass is 19.1. The summed E-state index contributed by atoms with van der Waals surface area (Å²) in [5.41, 5.74) is 7.16. The lowest BCUT2D eigenvalue weighted by Gasteiger charge is -2.21. The van der Waals surface area contributed by atoms with Gasteiger partial charge in [-0.1, -0.05) is 0 Å². The van der Waals surface area contributed by atoms with Crippen LogP contribution in [0, 0.1) is 26.6 Å². The van der Waals surface area contributed by atoms with E-state index in [0.29, 0.717) is 22.5 Å². The van der Waals surface area contributed by atoms with Gasteiger partial charge in [-0.05, 0) is 57.0 Å². The Kier molecular flexibility index (Phi) is 7.19. The number of nitrogens with one attached hydrogen (secondary N) is 2. The summed E-state index contributed by atoms with van der Waals surface area (Å²) >= 11 is 0. The van der Waals surface area contributed by atoms with Gasteiger partial charge in [-0.2, -0.15) is 0 Å². The number of carbonyl (C=O) groups is 3. The van der Waals surface area contributed by atoms with Crippen molar-refractivity contribution in [2.75, 3.05) is 5.32 Å². The van der Waals surface area contributed by atoms with Gasteiger partial charge in [-0.25, -0.2) is 4.39 Å². The minimum atomic E-state index is -1.72. The quantitative estimate of drug-likeness (QED) is 0.436. The number of primary amides is 1. The van der Waals surface area contributed by atoms with Gasteiger partial charge in [-0.3, -0.25) is 14.4 Å². The lowest BCUT2D eigenvalue weighted by atomic mass is 10.1. The summed E-state index contributed by atoms with van der Waals surface area (Å²) in [6, 6.07) is 2.78. The first-order chi connectivity index (χ1) is 14.4. The molecule has 1 aromatic carbocycles. The van der Waals surface area contributed by atoms with E-state index in [9.17, 15) is 29.0 Å². The number of halogens is 1. The van der Waals surface area contributed by atoms with Gasteiger partial charge in [-0.15, -0.1) is 0 Å². The van der Waals surface area contributed by atoms with Crippen molar-refractivity contribution in [1.29, 1.82) is 0 Å². The fourth-order valence-corrected chi connectivity index (χ4v) is 3.42. The van der Waals surface area contributed by atoms with Crippen LogP contribution in [0.25, 0.3) is 0 Å². The van der Waals surface area contributed by atoms with E-state index in [1.165, 1.54) is 29.7 Å². The number of rotatable bonds is 7. The first-order valence-electron chi connectivity index (χ1n) is 9.55. The van der Waals surface area contributed by atoms with Crippen LogP contribution in [0.1, 0.15) is 45.9 Å². The fourth-order valence-electron chi connectivity index (χ4n) is 3.42. The van der Waals surface area contributed by atoms with Crippen LogP contribution in [-0.2, 0) is 16.6 Å². The van der Waals surface area contributed by atoms with Crippen LogP contribution in [-0.4, -0.2) is 44.6 Å². The highest BCUT2D eigenvalue weighted by molar-refractivity contribution is 6.06. The molecule has 3 atom stereocenters. The van der Waals surface area contributed by atoms with Crippen molar-refractivity contribution < 1.29 is 29.0 Å². The van der Waals surface area contributed by atoms with Crippen LogP contribution in [0.15, 0.2) is 18.2 Å². The second kappa shape index (κ2) is 9.27. The number of hydrogen-bond donors (Lipinski definition) is 5. The van der Waals surface area contributed by atoms with Crippen LogP contribution in [0.2, 0.25) is 0 Å². The van der Waals surface area contributed by atoms with Crippen molar-refractivity contribution >= 4 is 23.4 Å². The molecule has 2 rings (SSSR count). The number of carbonyl (C=O) groups excluding carboxylic acids is 3. The summed E-state index contributed by atoms with van der Waals surface area (Å²) in [4.78, 5) is 36.8. The number of anilines is 1. The molecular formula is C21H27FN4O5. The monoisotopic (exact) mass is 434 g/mol. The van der Waals surface area contributed by atoms with E-state index >= 15 is 0 Å². The van der Waals surface area contributed by atoms with E-state index in [0.717, 1.165) is 0 Å². The highest BCUT2D eigenvalue weighted by Crippen LogP contribution is 2.28. The second-order valence-corrected chi connectivity index (χ2v) is 7.48. The lowest BCUT2D eigenvalue weighted by molar-refractivity contribution is -0.135. The third-order valence-corrected chi connectivity index (χ3v) is 5.22. The number of amides is 3. The Balaban J connectivity index is 2.34. The predicted octanol–water partition coefficient (Wildman–Crippen LogP) is 0.726. The molecule has 0 bridgehead atoms. The molecule has 0 aliphatic rings. The molecule has 0 fully saturated rings. The largest absolute Gasteiger partial charge is 0.391 e. The number of aromatic nitrogens is 1. The Hall–Kier alpha value is -3.24. The topological polar surface area (TPSA) is 147 Å². The molecule has 1 unspecified atom stereocenters. The Morgan fingerprint density at radius 3 is 2.29 bits per heavy atom. The van der Waals surface area contributed by atoms with Gasteiger partial charge in [0.15, 0.2) is 6.10 Å². The number of aliphatic hydroxyl groups excluding tert-OH is 2. The molecule has 0 saturated carbocycles. The molecule has 3 amide bonds. The standard InChI is InChI=1S/C21H27FN4O5/c1-9-8-13(6-7-14(9)22)24-20(30)15-10(2)17(26(5)11(15)3)18(28)21(31)25-16(12(4)27)19(23)29/h6-8,12,16,18,27-28H,1-5H3,(H2,23,29)(H,24,30)(H,25,31)/t12-,16-,18?/m0/s1. The first-order valence-corrected chi connectivity index (χ1v) is 9.55. The van der Waals surface area contributed by atoms with Gasteiger partial charge in [0.2, 0.25) is 5.91 Å². The number of aliphatic hydroxyl groups is 2. The van der Waals surface area contributed by atoms with Gasteiger partial charge in [0.25, 0.3) is 11.8 Å². The smallest absolute Gasteiger partial charge is 0.257 e. The van der Waals surface area contributed by atoms with Gasteiger partial charge in [0.1, 0.15) is 11.9 Å². The third-order valence-electron chi connectivity index (χ3n) is 5.22. The molecule has 10 heteroatoms. The third kappa shape index (κ3) is 4.92. The maximum Gasteiger partial charge on any atom is 0.257 e. The molecule has 1 heterocycles. The van der Waals surface area contributed by atoms with E-state index in [4.69, 9.17) is 5.73 Å². The molecule has 168 valence electrons. The summed E-state index contributed by atoms with van der Waals surface area (Å²) < 4.78 is 15.0. The van der Waals surface area contributed by atoms with Gasteiger partial charge >= 0.3 is 0 Å². The SMILES string of the molecule is Cc1cc(NC(=O)c2c(C)c(C(O)C(=O)N[C@H](C(N)=O)[C@H](C)O)n(C)c2C)ccc1F. The predicted molar refractivity (Wildman–Crippen MR) is 112 cm³/mol. The van der Waals surface area contributed by atoms with E-state index in [1.807, 2.05) is 0 Å². The Labute approximate surface area is 179 Å². The summed E-state index contributed by atoms with van der Waals surface area (Å²) in [5.74, 6) is -2.79. The van der Waals surface area contributed by atoms with Crippen molar-refractivity contribution in [3.63, 3.8) is 0 Å².